The van der Waals surface area contributed by atoms with Crippen molar-refractivity contribution in [2.45, 2.75) is 57.7 Å². The van der Waals surface area contributed by atoms with Gasteiger partial charge in [-0.2, -0.15) is 0 Å². The molecule has 0 bridgehead atoms. The number of hydrogen-bond acceptors (Lipinski definition) is 4. The Morgan fingerprint density at radius 3 is 2.41 bits per heavy atom. The van der Waals surface area contributed by atoms with Crippen LogP contribution in [-0.2, 0) is 9.59 Å². The summed E-state index contributed by atoms with van der Waals surface area (Å²) in [6.45, 7) is 4.02. The number of fused-ring (bicyclic) bond motifs is 1. The van der Waals surface area contributed by atoms with E-state index in [2.05, 4.69) is 36.1 Å². The summed E-state index contributed by atoms with van der Waals surface area (Å²) >= 11 is 0. The smallest absolute Gasteiger partial charge is 0.249 e. The molecule has 29 heavy (non-hydrogen) atoms. The molecule has 2 aromatic rings. The lowest BCUT2D eigenvalue weighted by Gasteiger charge is -2.40. The van der Waals surface area contributed by atoms with Crippen LogP contribution in [0, 0.1) is 6.92 Å². The first-order chi connectivity index (χ1) is 14.0. The molecule has 0 spiro atoms. The molecule has 6 nitrogen and oxygen atoms in total. The third-order valence-electron chi connectivity index (χ3n) is 6.41. The van der Waals surface area contributed by atoms with Gasteiger partial charge < -0.3 is 9.80 Å². The van der Waals surface area contributed by atoms with E-state index in [-0.39, 0.29) is 23.9 Å². The Morgan fingerprint density at radius 2 is 1.72 bits per heavy atom. The number of rotatable bonds is 3. The molecule has 0 N–H and O–H groups in total. The predicted octanol–water partition coefficient (Wildman–Crippen LogP) is 3.59. The summed E-state index contributed by atoms with van der Waals surface area (Å²) in [5.74, 6) is 1.70. The summed E-state index contributed by atoms with van der Waals surface area (Å²) in [6.07, 6.45) is 3.49. The summed E-state index contributed by atoms with van der Waals surface area (Å²) < 4.78 is 0. The first-order valence-electron chi connectivity index (χ1n) is 10.4. The molecule has 1 aromatic heterocycles. The third-order valence-corrected chi connectivity index (χ3v) is 6.41. The second kappa shape index (κ2) is 6.58. The first-order valence-corrected chi connectivity index (χ1v) is 10.4. The van der Waals surface area contributed by atoms with Gasteiger partial charge in [0.05, 0.1) is 11.7 Å². The number of anilines is 3. The van der Waals surface area contributed by atoms with Crippen LogP contribution in [0.1, 0.15) is 49.8 Å². The summed E-state index contributed by atoms with van der Waals surface area (Å²) in [7, 11) is 1.80. The maximum absolute atomic E-state index is 12.8. The van der Waals surface area contributed by atoms with Gasteiger partial charge in [0.25, 0.3) is 0 Å². The zero-order chi connectivity index (χ0) is 20.3. The highest BCUT2D eigenvalue weighted by molar-refractivity contribution is 6.05. The molecule has 150 valence electrons. The lowest BCUT2D eigenvalue weighted by atomic mass is 10.0. The van der Waals surface area contributed by atoms with Gasteiger partial charge in [0.2, 0.25) is 11.8 Å². The van der Waals surface area contributed by atoms with E-state index in [1.165, 1.54) is 5.56 Å². The Balaban J connectivity index is 1.57. The van der Waals surface area contributed by atoms with E-state index in [4.69, 9.17) is 4.98 Å². The number of pyridine rings is 1. The molecule has 1 unspecified atom stereocenters. The minimum Gasteiger partial charge on any atom is -0.340 e. The molecule has 2 fully saturated rings. The fourth-order valence-electron chi connectivity index (χ4n) is 4.64. The number of amides is 2. The summed E-state index contributed by atoms with van der Waals surface area (Å²) in [6, 6.07) is 12.4. The summed E-state index contributed by atoms with van der Waals surface area (Å²) in [5.41, 5.74) is 3.17. The largest absolute Gasteiger partial charge is 0.340 e. The molecule has 1 aliphatic carbocycles. The van der Waals surface area contributed by atoms with Crippen molar-refractivity contribution < 1.29 is 9.59 Å². The van der Waals surface area contributed by atoms with Gasteiger partial charge in [-0.3, -0.25) is 14.5 Å². The van der Waals surface area contributed by atoms with E-state index < -0.39 is 0 Å². The van der Waals surface area contributed by atoms with Crippen molar-refractivity contribution in [2.24, 2.45) is 0 Å². The van der Waals surface area contributed by atoms with Gasteiger partial charge in [0.1, 0.15) is 11.9 Å². The number of carbonyl (C=O) groups excluding carboxylic acids is 2. The molecule has 6 heteroatoms. The quantitative estimate of drug-likeness (QED) is 0.804. The van der Waals surface area contributed by atoms with E-state index in [1.807, 2.05) is 24.0 Å². The molecular weight excluding hydrogens is 364 g/mol. The van der Waals surface area contributed by atoms with E-state index in [1.54, 1.807) is 11.9 Å². The zero-order valence-electron chi connectivity index (χ0n) is 17.1. The highest BCUT2D eigenvalue weighted by atomic mass is 16.2. The number of aryl methyl sites for hydroxylation is 1. The maximum Gasteiger partial charge on any atom is 0.249 e. The van der Waals surface area contributed by atoms with Crippen LogP contribution in [0.2, 0.25) is 0 Å². The van der Waals surface area contributed by atoms with Crippen molar-refractivity contribution in [3.63, 3.8) is 0 Å². The predicted molar refractivity (Wildman–Crippen MR) is 113 cm³/mol. The molecule has 2 aliphatic heterocycles. The lowest BCUT2D eigenvalue weighted by molar-refractivity contribution is -0.119. The molecule has 1 aromatic carbocycles. The molecule has 2 amide bonds. The number of aromatic nitrogens is 1. The van der Waals surface area contributed by atoms with Crippen molar-refractivity contribution in [3.8, 4) is 0 Å². The molecular formula is C23H26N4O2. The van der Waals surface area contributed by atoms with Gasteiger partial charge in [0, 0.05) is 19.5 Å². The van der Waals surface area contributed by atoms with Crippen LogP contribution in [0.25, 0.3) is 0 Å². The summed E-state index contributed by atoms with van der Waals surface area (Å²) in [4.78, 5) is 36.1. The Labute approximate surface area is 171 Å². The van der Waals surface area contributed by atoms with Gasteiger partial charge in [-0.25, -0.2) is 4.98 Å². The fourth-order valence-corrected chi connectivity index (χ4v) is 4.64. The Kier molecular flexibility index (Phi) is 4.12. The van der Waals surface area contributed by atoms with Crippen LogP contribution in [0.15, 0.2) is 36.4 Å². The minimum atomic E-state index is -0.232. The Bertz CT molecular complexity index is 983. The number of hydrogen-bond donors (Lipinski definition) is 0. The van der Waals surface area contributed by atoms with E-state index >= 15 is 0 Å². The standard InChI is InChI=1S/C23H26N4O2/c1-14-4-6-16(7-5-14)18-11-13-21(28)27(18)20-12-10-19-22(24-20)26(17-8-9-17)15(2)23(29)25(19)3/h4-7,10,12,15,17-18H,8-9,11,13H2,1-3H3/t15-,18?/m1/s1. The van der Waals surface area contributed by atoms with Crippen LogP contribution < -0.4 is 14.7 Å². The van der Waals surface area contributed by atoms with Crippen molar-refractivity contribution in [2.75, 3.05) is 21.7 Å². The van der Waals surface area contributed by atoms with E-state index in [0.29, 0.717) is 18.3 Å². The van der Waals surface area contributed by atoms with Gasteiger partial charge >= 0.3 is 0 Å². The average Bonchev–Trinajstić information content (AvgIpc) is 3.48. The number of nitrogens with zero attached hydrogens (tertiary/aromatic N) is 4. The van der Waals surface area contributed by atoms with Crippen molar-refractivity contribution in [1.29, 1.82) is 0 Å². The number of carbonyl (C=O) groups is 2. The lowest BCUT2D eigenvalue weighted by Crippen LogP contribution is -2.52. The summed E-state index contributed by atoms with van der Waals surface area (Å²) in [5, 5.41) is 0. The highest BCUT2D eigenvalue weighted by Crippen LogP contribution is 2.44. The van der Waals surface area contributed by atoms with Crippen molar-refractivity contribution >= 4 is 29.1 Å². The molecule has 5 rings (SSSR count). The maximum atomic E-state index is 12.8. The van der Waals surface area contributed by atoms with Gasteiger partial charge in [-0.05, 0) is 50.8 Å². The molecule has 0 radical (unpaired) electrons. The molecule has 1 saturated heterocycles. The van der Waals surface area contributed by atoms with Gasteiger partial charge in [-0.1, -0.05) is 29.8 Å². The molecule has 3 aliphatic rings. The van der Waals surface area contributed by atoms with Crippen molar-refractivity contribution in [1.82, 2.24) is 4.98 Å². The van der Waals surface area contributed by atoms with E-state index in [9.17, 15) is 9.59 Å². The Hall–Kier alpha value is -2.89. The van der Waals surface area contributed by atoms with Gasteiger partial charge in [-0.15, -0.1) is 0 Å². The zero-order valence-corrected chi connectivity index (χ0v) is 17.1. The monoisotopic (exact) mass is 390 g/mol. The van der Waals surface area contributed by atoms with E-state index in [0.717, 1.165) is 36.3 Å². The third kappa shape index (κ3) is 2.89. The second-order valence-electron chi connectivity index (χ2n) is 8.45. The molecule has 2 atom stereocenters. The minimum absolute atomic E-state index is 0.00315. The van der Waals surface area contributed by atoms with Crippen LogP contribution >= 0.6 is 0 Å². The van der Waals surface area contributed by atoms with Gasteiger partial charge in [0.15, 0.2) is 5.82 Å². The normalized spacial score (nSPS) is 24.3. The van der Waals surface area contributed by atoms with Crippen LogP contribution in [0.3, 0.4) is 0 Å². The molecule has 3 heterocycles. The SMILES string of the molecule is Cc1ccc(C2CCC(=O)N2c2ccc3c(n2)N(C2CC2)[C@H](C)C(=O)N3C)cc1. The first kappa shape index (κ1) is 18.2. The Morgan fingerprint density at radius 1 is 1.00 bits per heavy atom. The van der Waals surface area contributed by atoms with Crippen LogP contribution in [0.5, 0.6) is 0 Å². The number of benzene rings is 1. The topological polar surface area (TPSA) is 56.8 Å². The second-order valence-corrected chi connectivity index (χ2v) is 8.45. The van der Waals surface area contributed by atoms with Crippen LogP contribution in [-0.4, -0.2) is 35.9 Å². The number of likely N-dealkylation sites (N-methyl/N-ethyl adjacent to an activating group) is 1. The fraction of sp³-hybridized carbons (Fsp3) is 0.435. The van der Waals surface area contributed by atoms with Crippen LogP contribution in [0.4, 0.5) is 17.3 Å². The highest BCUT2D eigenvalue weighted by Gasteiger charge is 2.43. The van der Waals surface area contributed by atoms with Crippen molar-refractivity contribution in [3.05, 3.63) is 47.5 Å². The molecule has 1 saturated carbocycles. The average molecular weight is 390 g/mol.